The van der Waals surface area contributed by atoms with Crippen LogP contribution in [0, 0.1) is 0 Å². The molecule has 1 fully saturated rings. The van der Waals surface area contributed by atoms with Gasteiger partial charge in [0, 0.05) is 35.8 Å². The molecule has 0 spiro atoms. The van der Waals surface area contributed by atoms with Gasteiger partial charge in [0.05, 0.1) is 18.9 Å². The minimum Gasteiger partial charge on any atom is -0.457 e. The molecular weight excluding hydrogens is 437 g/mol. The maximum absolute atomic E-state index is 13.3. The minimum atomic E-state index is -4.49. The average molecular weight is 456 g/mol. The molecule has 5 rings (SSSR count). The predicted octanol–water partition coefficient (Wildman–Crippen LogP) is 3.85. The summed E-state index contributed by atoms with van der Waals surface area (Å²) in [7, 11) is 0. The van der Waals surface area contributed by atoms with Crippen molar-refractivity contribution in [3.63, 3.8) is 0 Å². The fourth-order valence-corrected chi connectivity index (χ4v) is 3.56. The van der Waals surface area contributed by atoms with Gasteiger partial charge in [-0.1, -0.05) is 18.2 Å². The van der Waals surface area contributed by atoms with E-state index in [1.807, 2.05) is 17.0 Å². The zero-order valence-electron chi connectivity index (χ0n) is 17.3. The lowest BCUT2D eigenvalue weighted by Gasteiger charge is -2.27. The lowest BCUT2D eigenvalue weighted by atomic mass is 10.1. The molecule has 8 nitrogen and oxygen atoms in total. The van der Waals surface area contributed by atoms with Gasteiger partial charge in [-0.05, 0) is 24.3 Å². The smallest absolute Gasteiger partial charge is 0.431 e. The Morgan fingerprint density at radius 2 is 1.88 bits per heavy atom. The van der Waals surface area contributed by atoms with Crippen LogP contribution in [0.25, 0.3) is 22.3 Å². The molecule has 1 aliphatic rings. The monoisotopic (exact) mass is 456 g/mol. The van der Waals surface area contributed by atoms with Gasteiger partial charge in [-0.25, -0.2) is 0 Å². The highest BCUT2D eigenvalue weighted by atomic mass is 19.4. The minimum absolute atomic E-state index is 0.0655. The SMILES string of the molecule is FC(F)(F)c1cc2c(-c3nc(OCc4ccccn4)nc(N4CCOCC4)n3)cccc2[nH]1. The Kier molecular flexibility index (Phi) is 5.55. The van der Waals surface area contributed by atoms with Crippen LogP contribution < -0.4 is 9.64 Å². The number of pyridine rings is 1. The summed E-state index contributed by atoms with van der Waals surface area (Å²) in [5.74, 6) is 0.601. The van der Waals surface area contributed by atoms with Crippen molar-refractivity contribution in [1.29, 1.82) is 0 Å². The number of nitrogens with zero attached hydrogens (tertiary/aromatic N) is 5. The van der Waals surface area contributed by atoms with E-state index in [0.29, 0.717) is 54.4 Å². The highest BCUT2D eigenvalue weighted by molar-refractivity contribution is 5.94. The molecule has 170 valence electrons. The standard InChI is InChI=1S/C22H19F3N6O2/c23-22(24,25)18-12-16-15(5-3-6-17(16)27-18)19-28-20(31-8-10-32-11-9-31)30-21(29-19)33-13-14-4-1-2-7-26-14/h1-7,12,27H,8-11,13H2. The lowest BCUT2D eigenvalue weighted by Crippen LogP contribution is -2.37. The quantitative estimate of drug-likeness (QED) is 0.488. The highest BCUT2D eigenvalue weighted by Gasteiger charge is 2.33. The fourth-order valence-electron chi connectivity index (χ4n) is 3.56. The van der Waals surface area contributed by atoms with E-state index in [1.54, 1.807) is 30.5 Å². The second-order valence-corrected chi connectivity index (χ2v) is 7.40. The van der Waals surface area contributed by atoms with Gasteiger partial charge in [0.1, 0.15) is 12.3 Å². The molecule has 0 aliphatic carbocycles. The molecule has 0 amide bonds. The number of anilines is 1. The summed E-state index contributed by atoms with van der Waals surface area (Å²) >= 11 is 0. The van der Waals surface area contributed by atoms with E-state index in [4.69, 9.17) is 9.47 Å². The lowest BCUT2D eigenvalue weighted by molar-refractivity contribution is -0.140. The van der Waals surface area contributed by atoms with Gasteiger partial charge >= 0.3 is 12.2 Å². The van der Waals surface area contributed by atoms with E-state index in [-0.39, 0.29) is 18.4 Å². The first-order valence-electron chi connectivity index (χ1n) is 10.3. The molecule has 1 aliphatic heterocycles. The maximum atomic E-state index is 13.3. The number of alkyl halides is 3. The number of nitrogens with one attached hydrogen (secondary N) is 1. The molecule has 11 heteroatoms. The van der Waals surface area contributed by atoms with Crippen molar-refractivity contribution in [2.45, 2.75) is 12.8 Å². The highest BCUT2D eigenvalue weighted by Crippen LogP contribution is 2.35. The Morgan fingerprint density at radius 3 is 2.64 bits per heavy atom. The molecule has 0 radical (unpaired) electrons. The zero-order chi connectivity index (χ0) is 22.8. The van der Waals surface area contributed by atoms with Crippen LogP contribution in [-0.2, 0) is 17.5 Å². The summed E-state index contributed by atoms with van der Waals surface area (Å²) < 4.78 is 51.0. The number of rotatable bonds is 5. The Labute approximate surface area is 186 Å². The number of halogens is 3. The van der Waals surface area contributed by atoms with E-state index in [2.05, 4.69) is 24.9 Å². The molecule has 4 aromatic rings. The predicted molar refractivity (Wildman–Crippen MR) is 114 cm³/mol. The number of H-pyrrole nitrogens is 1. The van der Waals surface area contributed by atoms with Crippen LogP contribution in [0.2, 0.25) is 0 Å². The summed E-state index contributed by atoms with van der Waals surface area (Å²) in [6.07, 6.45) is -2.84. The van der Waals surface area contributed by atoms with Crippen LogP contribution in [0.5, 0.6) is 6.01 Å². The Hall–Kier alpha value is -3.73. The van der Waals surface area contributed by atoms with Gasteiger partial charge in [0.2, 0.25) is 5.95 Å². The van der Waals surface area contributed by atoms with Crippen LogP contribution in [-0.4, -0.2) is 51.2 Å². The van der Waals surface area contributed by atoms with Crippen molar-refractivity contribution in [2.24, 2.45) is 0 Å². The maximum Gasteiger partial charge on any atom is 0.431 e. The zero-order valence-corrected chi connectivity index (χ0v) is 17.3. The number of fused-ring (bicyclic) bond motifs is 1. The summed E-state index contributed by atoms with van der Waals surface area (Å²) in [5, 5.41) is 0.361. The van der Waals surface area contributed by atoms with Crippen molar-refractivity contribution in [1.82, 2.24) is 24.9 Å². The Balaban J connectivity index is 1.56. The third-order valence-corrected chi connectivity index (χ3v) is 5.18. The third-order valence-electron chi connectivity index (χ3n) is 5.18. The normalized spacial score (nSPS) is 14.6. The van der Waals surface area contributed by atoms with E-state index < -0.39 is 11.9 Å². The molecule has 0 unspecified atom stereocenters. The van der Waals surface area contributed by atoms with E-state index in [1.165, 1.54) is 0 Å². The van der Waals surface area contributed by atoms with Gasteiger partial charge in [0.15, 0.2) is 5.82 Å². The van der Waals surface area contributed by atoms with Gasteiger partial charge in [-0.3, -0.25) is 4.98 Å². The van der Waals surface area contributed by atoms with E-state index in [0.717, 1.165) is 6.07 Å². The molecule has 1 N–H and O–H groups in total. The third kappa shape index (κ3) is 4.58. The number of aromatic nitrogens is 5. The van der Waals surface area contributed by atoms with Crippen LogP contribution in [0.15, 0.2) is 48.7 Å². The first-order valence-corrected chi connectivity index (χ1v) is 10.3. The van der Waals surface area contributed by atoms with Crippen molar-refractivity contribution in [3.05, 3.63) is 60.0 Å². The molecule has 1 saturated heterocycles. The van der Waals surface area contributed by atoms with Crippen molar-refractivity contribution < 1.29 is 22.6 Å². The Morgan fingerprint density at radius 1 is 1.03 bits per heavy atom. The second-order valence-electron chi connectivity index (χ2n) is 7.40. The van der Waals surface area contributed by atoms with Crippen LogP contribution >= 0.6 is 0 Å². The molecule has 0 atom stereocenters. The van der Waals surface area contributed by atoms with Gasteiger partial charge in [0.25, 0.3) is 0 Å². The number of ether oxygens (including phenoxy) is 2. The second kappa shape index (κ2) is 8.66. The van der Waals surface area contributed by atoms with Gasteiger partial charge in [-0.15, -0.1) is 0 Å². The molecule has 0 saturated carbocycles. The molecule has 1 aromatic carbocycles. The summed E-state index contributed by atoms with van der Waals surface area (Å²) in [4.78, 5) is 22.0. The van der Waals surface area contributed by atoms with Crippen LogP contribution in [0.1, 0.15) is 11.4 Å². The molecule has 4 heterocycles. The summed E-state index contributed by atoms with van der Waals surface area (Å²) in [6.45, 7) is 2.34. The molecular formula is C22H19F3N6O2. The van der Waals surface area contributed by atoms with Crippen molar-refractivity contribution in [2.75, 3.05) is 31.2 Å². The first kappa shape index (κ1) is 21.1. The topological polar surface area (TPSA) is 89.1 Å². The number of benzene rings is 1. The van der Waals surface area contributed by atoms with Crippen LogP contribution in [0.4, 0.5) is 19.1 Å². The van der Waals surface area contributed by atoms with Gasteiger partial charge < -0.3 is 19.4 Å². The fraction of sp³-hybridized carbons (Fsp3) is 0.273. The van der Waals surface area contributed by atoms with Gasteiger partial charge in [-0.2, -0.15) is 28.1 Å². The number of hydrogen-bond donors (Lipinski definition) is 1. The summed E-state index contributed by atoms with van der Waals surface area (Å²) in [5.41, 5.74) is 0.636. The van der Waals surface area contributed by atoms with Crippen molar-refractivity contribution >= 4 is 16.9 Å². The molecule has 0 bridgehead atoms. The molecule has 33 heavy (non-hydrogen) atoms. The van der Waals surface area contributed by atoms with Crippen LogP contribution in [0.3, 0.4) is 0 Å². The van der Waals surface area contributed by atoms with E-state index in [9.17, 15) is 13.2 Å². The first-order chi connectivity index (χ1) is 16.0. The Bertz CT molecular complexity index is 1260. The number of morpholine rings is 1. The average Bonchev–Trinajstić information content (AvgIpc) is 3.29. The number of hydrogen-bond acceptors (Lipinski definition) is 7. The summed E-state index contributed by atoms with van der Waals surface area (Å²) in [6, 6.07) is 11.5. The molecule has 3 aromatic heterocycles. The number of aromatic amines is 1. The largest absolute Gasteiger partial charge is 0.457 e. The van der Waals surface area contributed by atoms with E-state index >= 15 is 0 Å². The van der Waals surface area contributed by atoms with Crippen molar-refractivity contribution in [3.8, 4) is 17.4 Å².